The summed E-state index contributed by atoms with van der Waals surface area (Å²) in [6.07, 6.45) is 1.32. The second-order valence-corrected chi connectivity index (χ2v) is 5.65. The lowest BCUT2D eigenvalue weighted by molar-refractivity contribution is -0.126. The number of aliphatic hydroxyl groups excluding tert-OH is 1. The summed E-state index contributed by atoms with van der Waals surface area (Å²) in [6.45, 7) is 6.14. The SMILES string of the molecule is Cc1ccc(CNC(=O)[C@@H](C)N2CCC(O)CC2)cc1. The van der Waals surface area contributed by atoms with Crippen molar-refractivity contribution in [1.29, 1.82) is 0 Å². The van der Waals surface area contributed by atoms with E-state index in [1.165, 1.54) is 5.56 Å². The Morgan fingerprint density at radius 3 is 2.55 bits per heavy atom. The first kappa shape index (κ1) is 15.0. The van der Waals surface area contributed by atoms with E-state index in [-0.39, 0.29) is 18.1 Å². The zero-order valence-electron chi connectivity index (χ0n) is 12.3. The smallest absolute Gasteiger partial charge is 0.237 e. The first-order chi connectivity index (χ1) is 9.56. The van der Waals surface area contributed by atoms with E-state index in [9.17, 15) is 9.90 Å². The fraction of sp³-hybridized carbons (Fsp3) is 0.562. The highest BCUT2D eigenvalue weighted by Crippen LogP contribution is 2.13. The molecule has 110 valence electrons. The Hall–Kier alpha value is -1.39. The third-order valence-corrected chi connectivity index (χ3v) is 4.01. The van der Waals surface area contributed by atoms with Crippen LogP contribution >= 0.6 is 0 Å². The minimum absolute atomic E-state index is 0.0574. The standard InChI is InChI=1S/C16H24N2O2/c1-12-3-5-14(6-4-12)11-17-16(20)13(2)18-9-7-15(19)8-10-18/h3-6,13,15,19H,7-11H2,1-2H3,(H,17,20)/t13-/m1/s1. The fourth-order valence-electron chi connectivity index (χ4n) is 2.48. The molecule has 0 aromatic heterocycles. The first-order valence-electron chi connectivity index (χ1n) is 7.31. The first-order valence-corrected chi connectivity index (χ1v) is 7.31. The van der Waals surface area contributed by atoms with Gasteiger partial charge in [0.25, 0.3) is 0 Å². The van der Waals surface area contributed by atoms with Crippen LogP contribution in [0.4, 0.5) is 0 Å². The van der Waals surface area contributed by atoms with E-state index < -0.39 is 0 Å². The van der Waals surface area contributed by atoms with Gasteiger partial charge < -0.3 is 10.4 Å². The molecule has 1 aliphatic rings. The number of amides is 1. The van der Waals surface area contributed by atoms with Gasteiger partial charge in [-0.3, -0.25) is 9.69 Å². The van der Waals surface area contributed by atoms with Gasteiger partial charge in [0.1, 0.15) is 0 Å². The summed E-state index contributed by atoms with van der Waals surface area (Å²) in [4.78, 5) is 14.3. The van der Waals surface area contributed by atoms with Crippen LogP contribution in [0.5, 0.6) is 0 Å². The number of carbonyl (C=O) groups excluding carboxylic acids is 1. The third-order valence-electron chi connectivity index (χ3n) is 4.01. The van der Waals surface area contributed by atoms with Crippen molar-refractivity contribution in [3.63, 3.8) is 0 Å². The third kappa shape index (κ3) is 4.05. The summed E-state index contributed by atoms with van der Waals surface area (Å²) in [5.41, 5.74) is 2.34. The highest BCUT2D eigenvalue weighted by atomic mass is 16.3. The van der Waals surface area contributed by atoms with Gasteiger partial charge in [-0.2, -0.15) is 0 Å². The summed E-state index contributed by atoms with van der Waals surface area (Å²) < 4.78 is 0. The Morgan fingerprint density at radius 2 is 1.95 bits per heavy atom. The number of benzene rings is 1. The van der Waals surface area contributed by atoms with Crippen LogP contribution in [0.2, 0.25) is 0 Å². The molecule has 2 N–H and O–H groups in total. The monoisotopic (exact) mass is 276 g/mol. The lowest BCUT2D eigenvalue weighted by Gasteiger charge is -2.33. The van der Waals surface area contributed by atoms with Crippen molar-refractivity contribution in [2.75, 3.05) is 13.1 Å². The van der Waals surface area contributed by atoms with Crippen LogP contribution < -0.4 is 5.32 Å². The van der Waals surface area contributed by atoms with Gasteiger partial charge in [-0.25, -0.2) is 0 Å². The average Bonchev–Trinajstić information content (AvgIpc) is 2.46. The molecule has 0 radical (unpaired) electrons. The number of aryl methyl sites for hydroxylation is 1. The lowest BCUT2D eigenvalue weighted by atomic mass is 10.1. The van der Waals surface area contributed by atoms with Crippen LogP contribution in [0.25, 0.3) is 0 Å². The molecular formula is C16H24N2O2. The predicted molar refractivity (Wildman–Crippen MR) is 79.3 cm³/mol. The number of hydrogen-bond acceptors (Lipinski definition) is 3. The number of rotatable bonds is 4. The molecule has 1 aromatic rings. The van der Waals surface area contributed by atoms with E-state index in [1.807, 2.05) is 19.1 Å². The molecule has 1 saturated heterocycles. The number of aliphatic hydroxyl groups is 1. The molecule has 1 heterocycles. The molecule has 0 spiro atoms. The highest BCUT2D eigenvalue weighted by Gasteiger charge is 2.25. The maximum atomic E-state index is 12.1. The summed E-state index contributed by atoms with van der Waals surface area (Å²) >= 11 is 0. The van der Waals surface area contributed by atoms with Gasteiger partial charge in [0.15, 0.2) is 0 Å². The second-order valence-electron chi connectivity index (χ2n) is 5.65. The van der Waals surface area contributed by atoms with E-state index in [2.05, 4.69) is 29.3 Å². The molecule has 4 nitrogen and oxygen atoms in total. The molecular weight excluding hydrogens is 252 g/mol. The van der Waals surface area contributed by atoms with E-state index in [0.29, 0.717) is 6.54 Å². The van der Waals surface area contributed by atoms with Crippen molar-refractivity contribution in [3.8, 4) is 0 Å². The van der Waals surface area contributed by atoms with E-state index in [4.69, 9.17) is 0 Å². The number of nitrogens with one attached hydrogen (secondary N) is 1. The van der Waals surface area contributed by atoms with Gasteiger partial charge in [0.2, 0.25) is 5.91 Å². The molecule has 2 rings (SSSR count). The Kier molecular flexibility index (Phi) is 5.15. The summed E-state index contributed by atoms with van der Waals surface area (Å²) in [7, 11) is 0. The molecule has 0 saturated carbocycles. The number of carbonyl (C=O) groups is 1. The van der Waals surface area contributed by atoms with Gasteiger partial charge in [-0.15, -0.1) is 0 Å². The Bertz CT molecular complexity index is 436. The van der Waals surface area contributed by atoms with E-state index >= 15 is 0 Å². The van der Waals surface area contributed by atoms with Crippen molar-refractivity contribution in [1.82, 2.24) is 10.2 Å². The van der Waals surface area contributed by atoms with Crippen molar-refractivity contribution < 1.29 is 9.90 Å². The number of likely N-dealkylation sites (tertiary alicyclic amines) is 1. The van der Waals surface area contributed by atoms with Gasteiger partial charge in [-0.05, 0) is 32.3 Å². The zero-order valence-corrected chi connectivity index (χ0v) is 12.3. The van der Waals surface area contributed by atoms with Crippen LogP contribution in [-0.4, -0.2) is 41.1 Å². The second kappa shape index (κ2) is 6.86. The van der Waals surface area contributed by atoms with Gasteiger partial charge in [0.05, 0.1) is 12.1 Å². The molecule has 0 aliphatic carbocycles. The van der Waals surface area contributed by atoms with E-state index in [1.54, 1.807) is 0 Å². The fourth-order valence-corrected chi connectivity index (χ4v) is 2.48. The van der Waals surface area contributed by atoms with Crippen LogP contribution in [0.3, 0.4) is 0 Å². The molecule has 4 heteroatoms. The van der Waals surface area contributed by atoms with Gasteiger partial charge >= 0.3 is 0 Å². The van der Waals surface area contributed by atoms with Crippen molar-refractivity contribution in [3.05, 3.63) is 35.4 Å². The summed E-state index contributed by atoms with van der Waals surface area (Å²) in [5, 5.41) is 12.5. The topological polar surface area (TPSA) is 52.6 Å². The van der Waals surface area contributed by atoms with Crippen molar-refractivity contribution in [2.45, 2.75) is 45.4 Å². The van der Waals surface area contributed by atoms with Crippen LogP contribution in [-0.2, 0) is 11.3 Å². The minimum Gasteiger partial charge on any atom is -0.393 e. The number of hydrogen-bond donors (Lipinski definition) is 2. The molecule has 20 heavy (non-hydrogen) atoms. The zero-order chi connectivity index (χ0) is 14.5. The lowest BCUT2D eigenvalue weighted by Crippen LogP contribution is -2.48. The van der Waals surface area contributed by atoms with Gasteiger partial charge in [-0.1, -0.05) is 29.8 Å². The van der Waals surface area contributed by atoms with E-state index in [0.717, 1.165) is 31.5 Å². The van der Waals surface area contributed by atoms with Gasteiger partial charge in [0, 0.05) is 19.6 Å². The average molecular weight is 276 g/mol. The van der Waals surface area contributed by atoms with Crippen LogP contribution in [0.1, 0.15) is 30.9 Å². The van der Waals surface area contributed by atoms with Crippen LogP contribution in [0, 0.1) is 6.92 Å². The highest BCUT2D eigenvalue weighted by molar-refractivity contribution is 5.81. The largest absolute Gasteiger partial charge is 0.393 e. The molecule has 0 unspecified atom stereocenters. The normalized spacial score (nSPS) is 18.8. The predicted octanol–water partition coefficient (Wildman–Crippen LogP) is 1.46. The maximum absolute atomic E-state index is 12.1. The minimum atomic E-state index is -0.200. The quantitative estimate of drug-likeness (QED) is 0.875. The summed E-state index contributed by atoms with van der Waals surface area (Å²) in [6, 6.07) is 8.05. The van der Waals surface area contributed by atoms with Crippen molar-refractivity contribution in [2.24, 2.45) is 0 Å². The molecule has 1 aromatic carbocycles. The Balaban J connectivity index is 1.80. The molecule has 0 bridgehead atoms. The number of piperidine rings is 1. The molecule has 1 atom stereocenters. The Labute approximate surface area is 120 Å². The van der Waals surface area contributed by atoms with Crippen LogP contribution in [0.15, 0.2) is 24.3 Å². The molecule has 1 amide bonds. The Morgan fingerprint density at radius 1 is 1.35 bits per heavy atom. The molecule has 1 aliphatic heterocycles. The molecule has 1 fully saturated rings. The number of nitrogens with zero attached hydrogens (tertiary/aromatic N) is 1. The maximum Gasteiger partial charge on any atom is 0.237 e. The summed E-state index contributed by atoms with van der Waals surface area (Å²) in [5.74, 6) is 0.0574. The van der Waals surface area contributed by atoms with Crippen molar-refractivity contribution >= 4 is 5.91 Å².